The van der Waals surface area contributed by atoms with Gasteiger partial charge in [0.1, 0.15) is 5.75 Å². The van der Waals surface area contributed by atoms with Gasteiger partial charge in [0.05, 0.1) is 19.2 Å². The summed E-state index contributed by atoms with van der Waals surface area (Å²) in [6.07, 6.45) is 1.06. The van der Waals surface area contributed by atoms with Crippen molar-refractivity contribution in [3.63, 3.8) is 0 Å². The summed E-state index contributed by atoms with van der Waals surface area (Å²) in [5.41, 5.74) is 3.67. The molecule has 4 rings (SSSR count). The van der Waals surface area contributed by atoms with Gasteiger partial charge in [0, 0.05) is 13.1 Å². The van der Waals surface area contributed by atoms with E-state index in [1.165, 1.54) is 11.1 Å². The van der Waals surface area contributed by atoms with E-state index >= 15 is 0 Å². The summed E-state index contributed by atoms with van der Waals surface area (Å²) in [5, 5.41) is 4.11. The average Bonchev–Trinajstić information content (AvgIpc) is 3.10. The third-order valence-corrected chi connectivity index (χ3v) is 4.38. The van der Waals surface area contributed by atoms with Crippen LogP contribution in [0.25, 0.3) is 11.4 Å². The first-order valence-electron chi connectivity index (χ1n) is 8.08. The van der Waals surface area contributed by atoms with E-state index in [1.807, 2.05) is 24.3 Å². The largest absolute Gasteiger partial charge is 0.496 e. The minimum Gasteiger partial charge on any atom is -0.496 e. The zero-order valence-electron chi connectivity index (χ0n) is 13.6. The molecule has 0 unspecified atom stereocenters. The van der Waals surface area contributed by atoms with Crippen LogP contribution in [0.5, 0.6) is 5.75 Å². The Balaban J connectivity index is 1.50. The molecule has 3 aromatic rings. The number of nitrogens with zero attached hydrogens (tertiary/aromatic N) is 3. The first-order valence-corrected chi connectivity index (χ1v) is 8.08. The van der Waals surface area contributed by atoms with Crippen LogP contribution in [0.15, 0.2) is 53.1 Å². The highest BCUT2D eigenvalue weighted by molar-refractivity contribution is 5.63. The molecule has 0 saturated carbocycles. The van der Waals surface area contributed by atoms with Crippen LogP contribution in [0.2, 0.25) is 0 Å². The van der Waals surface area contributed by atoms with E-state index in [9.17, 15) is 0 Å². The molecule has 0 saturated heterocycles. The predicted octanol–water partition coefficient (Wildman–Crippen LogP) is 3.30. The molecule has 0 aliphatic carbocycles. The van der Waals surface area contributed by atoms with E-state index in [0.29, 0.717) is 18.3 Å². The Labute approximate surface area is 140 Å². The summed E-state index contributed by atoms with van der Waals surface area (Å²) in [7, 11) is 1.64. The monoisotopic (exact) mass is 321 g/mol. The van der Waals surface area contributed by atoms with Gasteiger partial charge < -0.3 is 9.26 Å². The first kappa shape index (κ1) is 14.9. The zero-order chi connectivity index (χ0) is 16.4. The standard InChI is InChI=1S/C19H19N3O2/c1-23-17-9-5-4-8-16(17)19-20-18(24-21-19)13-22-11-10-14-6-2-3-7-15(14)12-22/h2-9H,10-13H2,1H3. The van der Waals surface area contributed by atoms with Gasteiger partial charge >= 0.3 is 0 Å². The summed E-state index contributed by atoms with van der Waals surface area (Å²) in [6.45, 7) is 2.59. The van der Waals surface area contributed by atoms with Crippen LogP contribution < -0.4 is 4.74 Å². The number of methoxy groups -OCH3 is 1. The van der Waals surface area contributed by atoms with E-state index in [4.69, 9.17) is 9.26 Å². The van der Waals surface area contributed by atoms with Crippen LogP contribution in [0.4, 0.5) is 0 Å². The molecule has 1 aliphatic rings. The second kappa shape index (κ2) is 6.45. The number of rotatable bonds is 4. The summed E-state index contributed by atoms with van der Waals surface area (Å²) in [6, 6.07) is 16.3. The van der Waals surface area contributed by atoms with Crippen LogP contribution in [0, 0.1) is 0 Å². The Morgan fingerprint density at radius 1 is 1.08 bits per heavy atom. The van der Waals surface area contributed by atoms with E-state index < -0.39 is 0 Å². The molecular formula is C19H19N3O2. The van der Waals surface area contributed by atoms with Crippen molar-refractivity contribution in [2.75, 3.05) is 13.7 Å². The van der Waals surface area contributed by atoms with E-state index in [2.05, 4.69) is 39.3 Å². The smallest absolute Gasteiger partial charge is 0.241 e. The maximum Gasteiger partial charge on any atom is 0.241 e. The second-order valence-electron chi connectivity index (χ2n) is 5.94. The number of ether oxygens (including phenoxy) is 1. The van der Waals surface area contributed by atoms with Crippen molar-refractivity contribution < 1.29 is 9.26 Å². The van der Waals surface area contributed by atoms with E-state index in [-0.39, 0.29) is 0 Å². The SMILES string of the molecule is COc1ccccc1-c1noc(CN2CCc3ccccc3C2)n1. The molecule has 1 aliphatic heterocycles. The van der Waals surface area contributed by atoms with Crippen molar-refractivity contribution in [2.45, 2.75) is 19.5 Å². The molecule has 122 valence electrons. The van der Waals surface area contributed by atoms with Crippen molar-refractivity contribution in [1.82, 2.24) is 15.0 Å². The Hall–Kier alpha value is -2.66. The summed E-state index contributed by atoms with van der Waals surface area (Å²) < 4.78 is 10.8. The Kier molecular flexibility index (Phi) is 4.01. The van der Waals surface area contributed by atoms with Crippen molar-refractivity contribution in [3.8, 4) is 17.1 Å². The summed E-state index contributed by atoms with van der Waals surface area (Å²) in [4.78, 5) is 6.87. The van der Waals surface area contributed by atoms with Crippen molar-refractivity contribution >= 4 is 0 Å². The molecule has 0 radical (unpaired) electrons. The predicted molar refractivity (Wildman–Crippen MR) is 90.5 cm³/mol. The molecule has 5 heteroatoms. The fourth-order valence-electron chi connectivity index (χ4n) is 3.14. The number of hydrogen-bond acceptors (Lipinski definition) is 5. The van der Waals surface area contributed by atoms with Crippen LogP contribution in [0.3, 0.4) is 0 Å². The van der Waals surface area contributed by atoms with Crippen LogP contribution >= 0.6 is 0 Å². The molecule has 5 nitrogen and oxygen atoms in total. The van der Waals surface area contributed by atoms with Gasteiger partial charge in [-0.3, -0.25) is 4.90 Å². The fraction of sp³-hybridized carbons (Fsp3) is 0.263. The normalized spacial score (nSPS) is 14.4. The minimum absolute atomic E-state index is 0.569. The zero-order valence-corrected chi connectivity index (χ0v) is 13.6. The van der Waals surface area contributed by atoms with Gasteiger partial charge in [-0.25, -0.2) is 0 Å². The maximum absolute atomic E-state index is 5.45. The third kappa shape index (κ3) is 2.90. The highest BCUT2D eigenvalue weighted by atomic mass is 16.5. The minimum atomic E-state index is 0.569. The fourth-order valence-corrected chi connectivity index (χ4v) is 3.14. The molecule has 0 amide bonds. The second-order valence-corrected chi connectivity index (χ2v) is 5.94. The number of para-hydroxylation sites is 1. The van der Waals surface area contributed by atoms with E-state index in [1.54, 1.807) is 7.11 Å². The molecule has 0 bridgehead atoms. The van der Waals surface area contributed by atoms with Gasteiger partial charge in [-0.15, -0.1) is 0 Å². The number of hydrogen-bond donors (Lipinski definition) is 0. The van der Waals surface area contributed by atoms with Gasteiger partial charge in [0.2, 0.25) is 11.7 Å². The molecule has 1 aromatic heterocycles. The highest BCUT2D eigenvalue weighted by Crippen LogP contribution is 2.27. The number of benzene rings is 2. The maximum atomic E-state index is 5.45. The van der Waals surface area contributed by atoms with Gasteiger partial charge in [-0.05, 0) is 29.7 Å². The van der Waals surface area contributed by atoms with Crippen molar-refractivity contribution in [2.24, 2.45) is 0 Å². The molecule has 2 heterocycles. The lowest BCUT2D eigenvalue weighted by Gasteiger charge is -2.27. The molecule has 0 N–H and O–H groups in total. The van der Waals surface area contributed by atoms with Crippen LogP contribution in [-0.4, -0.2) is 28.7 Å². The van der Waals surface area contributed by atoms with E-state index in [0.717, 1.165) is 30.8 Å². The summed E-state index contributed by atoms with van der Waals surface area (Å²) >= 11 is 0. The molecular weight excluding hydrogens is 302 g/mol. The highest BCUT2D eigenvalue weighted by Gasteiger charge is 2.19. The lowest BCUT2D eigenvalue weighted by Crippen LogP contribution is -2.30. The summed E-state index contributed by atoms with van der Waals surface area (Å²) in [5.74, 6) is 1.95. The van der Waals surface area contributed by atoms with Crippen LogP contribution in [-0.2, 0) is 19.5 Å². The topological polar surface area (TPSA) is 51.4 Å². The molecule has 24 heavy (non-hydrogen) atoms. The first-order chi connectivity index (χ1) is 11.8. The molecule has 0 fully saturated rings. The number of fused-ring (bicyclic) bond motifs is 1. The quantitative estimate of drug-likeness (QED) is 0.738. The lowest BCUT2D eigenvalue weighted by atomic mass is 10.00. The number of aromatic nitrogens is 2. The van der Waals surface area contributed by atoms with Gasteiger partial charge in [0.15, 0.2) is 0 Å². The Morgan fingerprint density at radius 2 is 1.88 bits per heavy atom. The van der Waals surface area contributed by atoms with Gasteiger partial charge in [0.25, 0.3) is 0 Å². The lowest BCUT2D eigenvalue weighted by molar-refractivity contribution is 0.210. The van der Waals surface area contributed by atoms with Crippen molar-refractivity contribution in [3.05, 3.63) is 65.5 Å². The Morgan fingerprint density at radius 3 is 2.75 bits per heavy atom. The molecule has 0 atom stereocenters. The van der Waals surface area contributed by atoms with Gasteiger partial charge in [-0.2, -0.15) is 4.98 Å². The van der Waals surface area contributed by atoms with Crippen LogP contribution in [0.1, 0.15) is 17.0 Å². The Bertz CT molecular complexity index is 844. The third-order valence-electron chi connectivity index (χ3n) is 4.38. The van der Waals surface area contributed by atoms with Crippen molar-refractivity contribution in [1.29, 1.82) is 0 Å². The molecule has 2 aromatic carbocycles. The van der Waals surface area contributed by atoms with Gasteiger partial charge in [-0.1, -0.05) is 41.6 Å². The molecule has 0 spiro atoms. The average molecular weight is 321 g/mol.